The Hall–Kier alpha value is -3.13. The molecule has 33 heavy (non-hydrogen) atoms. The second kappa shape index (κ2) is 8.67. The smallest absolute Gasteiger partial charge is 0.269 e. The SMILES string of the molecule is COc1cc2c(cc1O)/C(=N/OCc1ccc([N+](=O)[O-])cc1)C[C@H]1[C@@H]3CC[C@H](O)[C@H]3CC[C@H]21. The quantitative estimate of drug-likeness (QED) is 0.509. The van der Waals surface area contributed by atoms with E-state index in [4.69, 9.17) is 9.57 Å². The summed E-state index contributed by atoms with van der Waals surface area (Å²) in [5, 5.41) is 36.2. The summed E-state index contributed by atoms with van der Waals surface area (Å²) in [6.45, 7) is 0.192. The molecule has 0 unspecified atom stereocenters. The van der Waals surface area contributed by atoms with Crippen molar-refractivity contribution in [3.63, 3.8) is 0 Å². The normalized spacial score (nSPS) is 29.2. The Morgan fingerprint density at radius 1 is 1.09 bits per heavy atom. The van der Waals surface area contributed by atoms with Crippen LogP contribution in [0.4, 0.5) is 5.69 Å². The fourth-order valence-corrected chi connectivity index (χ4v) is 6.20. The molecule has 0 aromatic heterocycles. The molecule has 174 valence electrons. The summed E-state index contributed by atoms with van der Waals surface area (Å²) in [6, 6.07) is 9.86. The van der Waals surface area contributed by atoms with Crippen LogP contribution < -0.4 is 4.74 Å². The number of nitro benzene ring substituents is 1. The molecular formula is C25H28N2O6. The van der Waals surface area contributed by atoms with Gasteiger partial charge in [-0.3, -0.25) is 10.1 Å². The van der Waals surface area contributed by atoms with Gasteiger partial charge < -0.3 is 19.8 Å². The predicted octanol–water partition coefficient (Wildman–Crippen LogP) is 4.51. The largest absolute Gasteiger partial charge is 0.504 e. The average molecular weight is 453 g/mol. The van der Waals surface area contributed by atoms with Crippen molar-refractivity contribution in [2.24, 2.45) is 22.9 Å². The van der Waals surface area contributed by atoms with E-state index in [9.17, 15) is 20.3 Å². The lowest BCUT2D eigenvalue weighted by atomic mass is 9.60. The van der Waals surface area contributed by atoms with Crippen LogP contribution in [0.25, 0.3) is 0 Å². The van der Waals surface area contributed by atoms with E-state index in [0.29, 0.717) is 29.4 Å². The first-order valence-electron chi connectivity index (χ1n) is 11.5. The summed E-state index contributed by atoms with van der Waals surface area (Å²) in [5.41, 5.74) is 3.61. The van der Waals surface area contributed by atoms with Gasteiger partial charge in [-0.2, -0.15) is 0 Å². The maximum atomic E-state index is 10.8. The zero-order valence-electron chi connectivity index (χ0n) is 18.5. The third-order valence-electron chi connectivity index (χ3n) is 7.76. The van der Waals surface area contributed by atoms with Gasteiger partial charge in [0.05, 0.1) is 23.8 Å². The minimum absolute atomic E-state index is 0.0346. The Bertz CT molecular complexity index is 1080. The third-order valence-corrected chi connectivity index (χ3v) is 7.76. The van der Waals surface area contributed by atoms with Crippen molar-refractivity contribution in [2.45, 2.75) is 50.7 Å². The minimum Gasteiger partial charge on any atom is -0.504 e. The van der Waals surface area contributed by atoms with Gasteiger partial charge in [0.25, 0.3) is 5.69 Å². The van der Waals surface area contributed by atoms with E-state index in [1.54, 1.807) is 25.3 Å². The van der Waals surface area contributed by atoms with Crippen LogP contribution in [0, 0.1) is 27.9 Å². The Balaban J connectivity index is 1.43. The summed E-state index contributed by atoms with van der Waals surface area (Å²) in [5.74, 6) is 2.02. The van der Waals surface area contributed by atoms with Gasteiger partial charge in [0.2, 0.25) is 0 Å². The molecule has 5 rings (SSSR count). The van der Waals surface area contributed by atoms with E-state index in [0.717, 1.165) is 54.5 Å². The molecule has 0 spiro atoms. The van der Waals surface area contributed by atoms with Crippen molar-refractivity contribution >= 4 is 11.4 Å². The number of methoxy groups -OCH3 is 1. The number of nitrogens with zero attached hydrogens (tertiary/aromatic N) is 2. The highest BCUT2D eigenvalue weighted by molar-refractivity contribution is 6.03. The second-order valence-electron chi connectivity index (χ2n) is 9.37. The van der Waals surface area contributed by atoms with Crippen molar-refractivity contribution in [1.82, 2.24) is 0 Å². The molecule has 5 atom stereocenters. The molecule has 0 amide bonds. The van der Waals surface area contributed by atoms with Crippen molar-refractivity contribution in [3.8, 4) is 11.5 Å². The molecular weight excluding hydrogens is 424 g/mol. The van der Waals surface area contributed by atoms with Crippen LogP contribution in [0.3, 0.4) is 0 Å². The zero-order chi connectivity index (χ0) is 23.1. The summed E-state index contributed by atoms with van der Waals surface area (Å²) in [6.07, 6.45) is 4.41. The topological polar surface area (TPSA) is 114 Å². The fraction of sp³-hybridized carbons (Fsp3) is 0.480. The molecule has 0 radical (unpaired) electrons. The number of oxime groups is 1. The number of aromatic hydroxyl groups is 1. The molecule has 2 N–H and O–H groups in total. The van der Waals surface area contributed by atoms with Crippen molar-refractivity contribution in [3.05, 3.63) is 63.2 Å². The number of hydrogen-bond donors (Lipinski definition) is 2. The van der Waals surface area contributed by atoms with Crippen LogP contribution in [0.1, 0.15) is 54.7 Å². The number of rotatable bonds is 5. The number of aliphatic hydroxyl groups is 1. The van der Waals surface area contributed by atoms with Crippen LogP contribution in [0.5, 0.6) is 11.5 Å². The van der Waals surface area contributed by atoms with E-state index in [1.165, 1.54) is 12.1 Å². The van der Waals surface area contributed by atoms with Crippen molar-refractivity contribution in [1.29, 1.82) is 0 Å². The minimum atomic E-state index is -0.432. The molecule has 3 aliphatic carbocycles. The highest BCUT2D eigenvalue weighted by Gasteiger charge is 2.49. The van der Waals surface area contributed by atoms with E-state index in [2.05, 4.69) is 5.16 Å². The van der Waals surface area contributed by atoms with Gasteiger partial charge in [0.15, 0.2) is 11.5 Å². The van der Waals surface area contributed by atoms with Gasteiger partial charge >= 0.3 is 0 Å². The van der Waals surface area contributed by atoms with E-state index in [-0.39, 0.29) is 24.1 Å². The maximum Gasteiger partial charge on any atom is 0.269 e. The molecule has 0 saturated heterocycles. The molecule has 0 bridgehead atoms. The monoisotopic (exact) mass is 452 g/mol. The van der Waals surface area contributed by atoms with Gasteiger partial charge in [-0.25, -0.2) is 0 Å². The Kier molecular flexibility index (Phi) is 5.70. The van der Waals surface area contributed by atoms with Crippen molar-refractivity contribution in [2.75, 3.05) is 7.11 Å². The lowest BCUT2D eigenvalue weighted by Gasteiger charge is -2.44. The number of nitro groups is 1. The number of hydrogen-bond acceptors (Lipinski definition) is 7. The molecule has 3 aliphatic rings. The highest BCUT2D eigenvalue weighted by Crippen LogP contribution is 2.56. The number of benzene rings is 2. The molecule has 2 aromatic rings. The van der Waals surface area contributed by atoms with Gasteiger partial charge in [-0.05, 0) is 91.2 Å². The lowest BCUT2D eigenvalue weighted by Crippen LogP contribution is -2.38. The molecule has 8 heteroatoms. The Morgan fingerprint density at radius 3 is 2.58 bits per heavy atom. The number of phenols is 1. The number of ether oxygens (including phenoxy) is 1. The molecule has 0 aliphatic heterocycles. The predicted molar refractivity (Wildman–Crippen MR) is 121 cm³/mol. The molecule has 0 heterocycles. The number of non-ortho nitro benzene ring substituents is 1. The van der Waals surface area contributed by atoms with Gasteiger partial charge in [-0.15, -0.1) is 0 Å². The van der Waals surface area contributed by atoms with E-state index < -0.39 is 4.92 Å². The van der Waals surface area contributed by atoms with Gasteiger partial charge in [0, 0.05) is 17.7 Å². The van der Waals surface area contributed by atoms with Crippen LogP contribution in [-0.2, 0) is 11.4 Å². The summed E-state index contributed by atoms with van der Waals surface area (Å²) in [7, 11) is 1.55. The Morgan fingerprint density at radius 2 is 1.85 bits per heavy atom. The van der Waals surface area contributed by atoms with E-state index in [1.807, 2.05) is 6.07 Å². The molecule has 2 fully saturated rings. The highest BCUT2D eigenvalue weighted by atomic mass is 16.6. The molecule has 8 nitrogen and oxygen atoms in total. The third kappa shape index (κ3) is 3.93. The Labute approximate surface area is 192 Å². The van der Waals surface area contributed by atoms with Crippen LogP contribution in [-0.4, -0.2) is 34.1 Å². The van der Waals surface area contributed by atoms with Crippen LogP contribution in [0.2, 0.25) is 0 Å². The zero-order valence-corrected chi connectivity index (χ0v) is 18.5. The first kappa shape index (κ1) is 21.7. The first-order valence-corrected chi connectivity index (χ1v) is 11.5. The average Bonchev–Trinajstić information content (AvgIpc) is 3.20. The number of phenolic OH excluding ortho intramolecular Hbond substituents is 1. The summed E-state index contributed by atoms with van der Waals surface area (Å²) >= 11 is 0. The molecule has 2 saturated carbocycles. The number of fused-ring (bicyclic) bond motifs is 5. The summed E-state index contributed by atoms with van der Waals surface area (Å²) in [4.78, 5) is 16.1. The standard InChI is InChI=1S/C25H28N2O6/c1-32-25-12-20-17-6-7-18-16(8-9-23(18)28)19(17)10-22(21(20)11-24(25)29)26-33-13-14-2-4-15(5-3-14)27(30)31/h2-5,11-12,16-19,23,28-29H,6-10,13H2,1H3/b26-22+/t16-,17+,18+,19+,23+/m1/s1. The second-order valence-corrected chi connectivity index (χ2v) is 9.37. The van der Waals surface area contributed by atoms with Crippen molar-refractivity contribution < 1.29 is 24.7 Å². The lowest BCUT2D eigenvalue weighted by molar-refractivity contribution is -0.384. The molecule has 2 aromatic carbocycles. The van der Waals surface area contributed by atoms with Gasteiger partial charge in [0.1, 0.15) is 6.61 Å². The van der Waals surface area contributed by atoms with Gasteiger partial charge in [-0.1, -0.05) is 5.16 Å². The van der Waals surface area contributed by atoms with Crippen LogP contribution in [0.15, 0.2) is 41.6 Å². The fourth-order valence-electron chi connectivity index (χ4n) is 6.20. The van der Waals surface area contributed by atoms with E-state index >= 15 is 0 Å². The maximum absolute atomic E-state index is 10.8. The van der Waals surface area contributed by atoms with Crippen LogP contribution >= 0.6 is 0 Å². The number of aliphatic hydroxyl groups excluding tert-OH is 1. The summed E-state index contributed by atoms with van der Waals surface area (Å²) < 4.78 is 5.39. The first-order chi connectivity index (χ1) is 16.0.